The lowest BCUT2D eigenvalue weighted by molar-refractivity contribution is 0.776. The van der Waals surface area contributed by atoms with Gasteiger partial charge in [0.2, 0.25) is 0 Å². The van der Waals surface area contributed by atoms with Crippen molar-refractivity contribution < 1.29 is 0 Å². The fraction of sp³-hybridized carbons (Fsp3) is 0.333. The molecule has 0 aliphatic rings. The SMILES string of the molecule is SCNCCc1cccc(Br)c1. The lowest BCUT2D eigenvalue weighted by atomic mass is 10.1. The summed E-state index contributed by atoms with van der Waals surface area (Å²) in [5.74, 6) is 0.744. The molecule has 0 bridgehead atoms. The number of hydrogen-bond acceptors (Lipinski definition) is 2. The Morgan fingerprint density at radius 1 is 1.42 bits per heavy atom. The van der Waals surface area contributed by atoms with Gasteiger partial charge in [-0.1, -0.05) is 28.1 Å². The zero-order valence-electron chi connectivity index (χ0n) is 6.76. The van der Waals surface area contributed by atoms with E-state index < -0.39 is 0 Å². The van der Waals surface area contributed by atoms with E-state index in [9.17, 15) is 0 Å². The Bertz CT molecular complexity index is 240. The highest BCUT2D eigenvalue weighted by atomic mass is 79.9. The van der Waals surface area contributed by atoms with Crippen LogP contribution < -0.4 is 5.32 Å². The summed E-state index contributed by atoms with van der Waals surface area (Å²) in [6, 6.07) is 8.36. The van der Waals surface area contributed by atoms with Crippen LogP contribution in [-0.4, -0.2) is 12.4 Å². The molecule has 0 spiro atoms. The quantitative estimate of drug-likeness (QED) is 0.472. The van der Waals surface area contributed by atoms with Crippen molar-refractivity contribution in [2.24, 2.45) is 0 Å². The summed E-state index contributed by atoms with van der Waals surface area (Å²) >= 11 is 7.50. The van der Waals surface area contributed by atoms with Crippen LogP contribution in [0.5, 0.6) is 0 Å². The average molecular weight is 246 g/mol. The molecule has 0 fully saturated rings. The van der Waals surface area contributed by atoms with Crippen molar-refractivity contribution in [1.29, 1.82) is 0 Å². The number of nitrogens with one attached hydrogen (secondary N) is 1. The van der Waals surface area contributed by atoms with Gasteiger partial charge in [-0.05, 0) is 30.7 Å². The molecule has 0 aliphatic heterocycles. The van der Waals surface area contributed by atoms with Gasteiger partial charge in [-0.15, -0.1) is 0 Å². The van der Waals surface area contributed by atoms with Crippen molar-refractivity contribution in [3.8, 4) is 0 Å². The Morgan fingerprint density at radius 2 is 2.25 bits per heavy atom. The monoisotopic (exact) mass is 245 g/mol. The first-order valence-electron chi connectivity index (χ1n) is 3.89. The van der Waals surface area contributed by atoms with Crippen LogP contribution >= 0.6 is 28.6 Å². The van der Waals surface area contributed by atoms with Crippen molar-refractivity contribution in [2.75, 3.05) is 12.4 Å². The third-order valence-corrected chi connectivity index (χ3v) is 2.31. The second-order valence-corrected chi connectivity index (χ2v) is 3.77. The van der Waals surface area contributed by atoms with E-state index in [1.165, 1.54) is 5.56 Å². The van der Waals surface area contributed by atoms with E-state index in [0.717, 1.165) is 23.3 Å². The van der Waals surface area contributed by atoms with Gasteiger partial charge in [-0.25, -0.2) is 0 Å². The molecule has 0 heterocycles. The summed E-state index contributed by atoms with van der Waals surface area (Å²) in [6.45, 7) is 0.986. The van der Waals surface area contributed by atoms with Gasteiger partial charge in [0.15, 0.2) is 0 Å². The van der Waals surface area contributed by atoms with E-state index in [4.69, 9.17) is 0 Å². The van der Waals surface area contributed by atoms with E-state index in [1.807, 2.05) is 6.07 Å². The predicted molar refractivity (Wildman–Crippen MR) is 59.7 cm³/mol. The molecule has 0 saturated heterocycles. The molecule has 1 rings (SSSR count). The van der Waals surface area contributed by atoms with Gasteiger partial charge >= 0.3 is 0 Å². The van der Waals surface area contributed by atoms with Crippen molar-refractivity contribution in [2.45, 2.75) is 6.42 Å². The van der Waals surface area contributed by atoms with Gasteiger partial charge in [0.1, 0.15) is 0 Å². The molecule has 0 unspecified atom stereocenters. The average Bonchev–Trinajstić information content (AvgIpc) is 2.05. The van der Waals surface area contributed by atoms with Crippen LogP contribution in [0.2, 0.25) is 0 Å². The summed E-state index contributed by atoms with van der Waals surface area (Å²) in [7, 11) is 0. The number of benzene rings is 1. The number of hydrogen-bond donors (Lipinski definition) is 2. The smallest absolute Gasteiger partial charge is 0.0387 e. The second-order valence-electron chi connectivity index (χ2n) is 2.54. The van der Waals surface area contributed by atoms with E-state index in [2.05, 4.69) is 52.1 Å². The minimum absolute atomic E-state index is 0.744. The largest absolute Gasteiger partial charge is 0.308 e. The number of halogens is 1. The molecule has 0 atom stereocenters. The fourth-order valence-electron chi connectivity index (χ4n) is 1.00. The minimum Gasteiger partial charge on any atom is -0.308 e. The van der Waals surface area contributed by atoms with Gasteiger partial charge < -0.3 is 5.32 Å². The molecular weight excluding hydrogens is 234 g/mol. The molecule has 0 aliphatic carbocycles. The van der Waals surface area contributed by atoms with Crippen LogP contribution in [0.25, 0.3) is 0 Å². The summed E-state index contributed by atoms with van der Waals surface area (Å²) in [5, 5.41) is 3.17. The third kappa shape index (κ3) is 3.61. The Hall–Kier alpha value is 0.01000. The van der Waals surface area contributed by atoms with E-state index >= 15 is 0 Å². The van der Waals surface area contributed by atoms with Crippen LogP contribution in [0.3, 0.4) is 0 Å². The van der Waals surface area contributed by atoms with E-state index in [1.54, 1.807) is 0 Å². The Labute approximate surface area is 87.1 Å². The zero-order valence-corrected chi connectivity index (χ0v) is 9.24. The maximum absolute atomic E-state index is 4.07. The molecule has 1 N–H and O–H groups in total. The molecule has 1 aromatic carbocycles. The van der Waals surface area contributed by atoms with E-state index in [0.29, 0.717) is 0 Å². The highest BCUT2D eigenvalue weighted by molar-refractivity contribution is 9.10. The second kappa shape index (κ2) is 5.62. The summed E-state index contributed by atoms with van der Waals surface area (Å²) in [5.41, 5.74) is 1.35. The molecule has 66 valence electrons. The minimum atomic E-state index is 0.744. The Kier molecular flexibility index (Phi) is 4.73. The third-order valence-electron chi connectivity index (χ3n) is 1.59. The summed E-state index contributed by atoms with van der Waals surface area (Å²) in [6.07, 6.45) is 1.06. The van der Waals surface area contributed by atoms with Crippen LogP contribution in [0, 0.1) is 0 Å². The summed E-state index contributed by atoms with van der Waals surface area (Å²) < 4.78 is 1.14. The maximum atomic E-state index is 4.07. The van der Waals surface area contributed by atoms with Crippen molar-refractivity contribution in [1.82, 2.24) is 5.32 Å². The van der Waals surface area contributed by atoms with Gasteiger partial charge in [0, 0.05) is 10.3 Å². The predicted octanol–water partition coefficient (Wildman–Crippen LogP) is 2.47. The first-order valence-corrected chi connectivity index (χ1v) is 5.31. The lowest BCUT2D eigenvalue weighted by Gasteiger charge is -2.01. The first kappa shape index (κ1) is 10.1. The highest BCUT2D eigenvalue weighted by Crippen LogP contribution is 2.11. The van der Waals surface area contributed by atoms with Crippen LogP contribution in [0.4, 0.5) is 0 Å². The van der Waals surface area contributed by atoms with Gasteiger partial charge in [-0.3, -0.25) is 0 Å². The number of rotatable bonds is 4. The first-order chi connectivity index (χ1) is 5.83. The van der Waals surface area contributed by atoms with Crippen molar-refractivity contribution in [3.63, 3.8) is 0 Å². The highest BCUT2D eigenvalue weighted by Gasteiger charge is 1.92. The molecular formula is C9H12BrNS. The molecule has 1 aromatic rings. The standard InChI is InChI=1S/C9H12BrNS/c10-9-3-1-2-8(6-9)4-5-11-7-12/h1-3,6,11-12H,4-5,7H2. The van der Waals surface area contributed by atoms with Gasteiger partial charge in [0.25, 0.3) is 0 Å². The zero-order chi connectivity index (χ0) is 8.81. The van der Waals surface area contributed by atoms with Crippen LogP contribution in [-0.2, 0) is 6.42 Å². The molecule has 1 nitrogen and oxygen atoms in total. The molecule has 3 heteroatoms. The van der Waals surface area contributed by atoms with Gasteiger partial charge in [-0.2, -0.15) is 12.6 Å². The lowest BCUT2D eigenvalue weighted by Crippen LogP contribution is -2.14. The van der Waals surface area contributed by atoms with E-state index in [-0.39, 0.29) is 0 Å². The molecule has 0 saturated carbocycles. The van der Waals surface area contributed by atoms with Gasteiger partial charge in [0.05, 0.1) is 0 Å². The topological polar surface area (TPSA) is 12.0 Å². The van der Waals surface area contributed by atoms with Crippen molar-refractivity contribution in [3.05, 3.63) is 34.3 Å². The molecule has 0 radical (unpaired) electrons. The molecule has 12 heavy (non-hydrogen) atoms. The Morgan fingerprint density at radius 3 is 2.92 bits per heavy atom. The molecule has 0 aromatic heterocycles. The summed E-state index contributed by atoms with van der Waals surface area (Å²) in [4.78, 5) is 0. The number of thiol groups is 1. The fourth-order valence-corrected chi connectivity index (χ4v) is 1.61. The van der Waals surface area contributed by atoms with Crippen LogP contribution in [0.1, 0.15) is 5.56 Å². The normalized spacial score (nSPS) is 10.2. The Balaban J connectivity index is 2.41. The van der Waals surface area contributed by atoms with Crippen LogP contribution in [0.15, 0.2) is 28.7 Å². The maximum Gasteiger partial charge on any atom is 0.0387 e. The van der Waals surface area contributed by atoms with Crippen molar-refractivity contribution >= 4 is 28.6 Å². The molecule has 0 amide bonds.